The molecule has 0 aliphatic carbocycles. The van der Waals surface area contributed by atoms with Gasteiger partial charge in [0.05, 0.1) is 0 Å². The molecule has 1 rings (SSSR count). The van der Waals surface area contributed by atoms with Crippen LogP contribution in [0.15, 0.2) is 24.3 Å². The second-order valence-electron chi connectivity index (χ2n) is 4.83. The van der Waals surface area contributed by atoms with E-state index in [9.17, 15) is 18.3 Å². The molecule has 0 saturated carbocycles. The summed E-state index contributed by atoms with van der Waals surface area (Å²) < 4.78 is 40.3. The van der Waals surface area contributed by atoms with E-state index in [0.29, 0.717) is 0 Å². The Labute approximate surface area is 93.9 Å². The van der Waals surface area contributed by atoms with Crippen molar-refractivity contribution in [1.82, 2.24) is 0 Å². The van der Waals surface area contributed by atoms with Crippen LogP contribution in [0.5, 0.6) is 0 Å². The molecule has 1 atom stereocenters. The Morgan fingerprint density at radius 2 is 1.56 bits per heavy atom. The highest BCUT2D eigenvalue weighted by Crippen LogP contribution is 2.38. The SMILES string of the molecule is C[Si](C)(C)C(F)(F)C(O)c1ccc(F)cc1. The summed E-state index contributed by atoms with van der Waals surface area (Å²) in [4.78, 5) is 0. The van der Waals surface area contributed by atoms with Gasteiger partial charge in [-0.25, -0.2) is 13.2 Å². The molecule has 0 spiro atoms. The van der Waals surface area contributed by atoms with Gasteiger partial charge in [-0.15, -0.1) is 0 Å². The second-order valence-corrected chi connectivity index (χ2v) is 9.99. The molecule has 1 N–H and O–H groups in total. The molecule has 0 radical (unpaired) electrons. The first kappa shape index (κ1) is 13.3. The standard InChI is InChI=1S/C11H15F3OSi/c1-16(2,3)11(13,14)10(15)8-4-6-9(12)7-5-8/h4-7,10,15H,1-3H3. The second kappa shape index (κ2) is 4.22. The van der Waals surface area contributed by atoms with Crippen LogP contribution in [-0.2, 0) is 0 Å². The third-order valence-corrected chi connectivity index (χ3v) is 4.80. The first-order chi connectivity index (χ1) is 7.16. The van der Waals surface area contributed by atoms with Crippen molar-refractivity contribution in [2.75, 3.05) is 0 Å². The first-order valence-electron chi connectivity index (χ1n) is 4.97. The van der Waals surface area contributed by atoms with Gasteiger partial charge in [-0.3, -0.25) is 0 Å². The maximum atomic E-state index is 13.8. The van der Waals surface area contributed by atoms with Crippen LogP contribution in [0.3, 0.4) is 0 Å². The number of hydrogen-bond acceptors (Lipinski definition) is 1. The van der Waals surface area contributed by atoms with Crippen LogP contribution in [0, 0.1) is 5.82 Å². The Bertz CT molecular complexity index is 356. The molecule has 1 aromatic carbocycles. The molecule has 1 aromatic rings. The molecule has 0 amide bonds. The fraction of sp³-hybridized carbons (Fsp3) is 0.455. The quantitative estimate of drug-likeness (QED) is 0.813. The van der Waals surface area contributed by atoms with Gasteiger partial charge in [-0.2, -0.15) is 0 Å². The Morgan fingerprint density at radius 1 is 1.12 bits per heavy atom. The number of halogens is 3. The van der Waals surface area contributed by atoms with Gasteiger partial charge >= 0.3 is 0 Å². The topological polar surface area (TPSA) is 20.2 Å². The van der Waals surface area contributed by atoms with Crippen molar-refractivity contribution in [1.29, 1.82) is 0 Å². The van der Waals surface area contributed by atoms with Gasteiger partial charge in [0.1, 0.15) is 20.0 Å². The largest absolute Gasteiger partial charge is 0.383 e. The van der Waals surface area contributed by atoms with E-state index in [4.69, 9.17) is 0 Å². The fourth-order valence-electron chi connectivity index (χ4n) is 1.26. The Morgan fingerprint density at radius 3 is 1.94 bits per heavy atom. The summed E-state index contributed by atoms with van der Waals surface area (Å²) in [5.41, 5.74) is -3.08. The van der Waals surface area contributed by atoms with Crippen LogP contribution >= 0.6 is 0 Å². The average molecular weight is 248 g/mol. The lowest BCUT2D eigenvalue weighted by atomic mass is 10.1. The molecule has 1 nitrogen and oxygen atoms in total. The predicted octanol–water partition coefficient (Wildman–Crippen LogP) is 3.37. The number of alkyl halides is 2. The molecule has 90 valence electrons. The molecule has 0 aliphatic heterocycles. The van der Waals surface area contributed by atoms with Gasteiger partial charge in [0, 0.05) is 0 Å². The summed E-state index contributed by atoms with van der Waals surface area (Å²) in [6, 6.07) is 4.51. The van der Waals surface area contributed by atoms with Crippen molar-refractivity contribution in [3.8, 4) is 0 Å². The van der Waals surface area contributed by atoms with Gasteiger partial charge in [0.25, 0.3) is 5.55 Å². The minimum Gasteiger partial charge on any atom is -0.383 e. The fourth-order valence-corrected chi connectivity index (χ4v) is 2.25. The normalized spacial score (nSPS) is 14.9. The monoisotopic (exact) mass is 248 g/mol. The van der Waals surface area contributed by atoms with Crippen molar-refractivity contribution in [2.45, 2.75) is 31.3 Å². The lowest BCUT2D eigenvalue weighted by molar-refractivity contribution is -0.0524. The van der Waals surface area contributed by atoms with E-state index in [1.807, 2.05) is 0 Å². The molecule has 0 bridgehead atoms. The predicted molar refractivity (Wildman–Crippen MR) is 59.7 cm³/mol. The number of hydrogen-bond donors (Lipinski definition) is 1. The van der Waals surface area contributed by atoms with Crippen molar-refractivity contribution < 1.29 is 18.3 Å². The van der Waals surface area contributed by atoms with Crippen LogP contribution in [0.1, 0.15) is 11.7 Å². The lowest BCUT2D eigenvalue weighted by Crippen LogP contribution is -2.49. The maximum absolute atomic E-state index is 13.8. The Kier molecular flexibility index (Phi) is 3.49. The van der Waals surface area contributed by atoms with E-state index in [1.54, 1.807) is 0 Å². The van der Waals surface area contributed by atoms with Crippen LogP contribution in [0.2, 0.25) is 19.6 Å². The van der Waals surface area contributed by atoms with Crippen LogP contribution in [0.4, 0.5) is 13.2 Å². The summed E-state index contributed by atoms with van der Waals surface area (Å²) in [5, 5.41) is 9.64. The number of rotatable bonds is 3. The Hall–Kier alpha value is -0.813. The highest BCUT2D eigenvalue weighted by molar-refractivity contribution is 6.78. The van der Waals surface area contributed by atoms with E-state index in [-0.39, 0.29) is 5.56 Å². The van der Waals surface area contributed by atoms with Crippen LogP contribution < -0.4 is 0 Å². The van der Waals surface area contributed by atoms with Crippen molar-refractivity contribution in [2.24, 2.45) is 0 Å². The maximum Gasteiger partial charge on any atom is 0.257 e. The van der Waals surface area contributed by atoms with Gasteiger partial charge in [-0.05, 0) is 17.7 Å². The third-order valence-electron chi connectivity index (χ3n) is 2.53. The molecule has 0 aliphatic rings. The molecular formula is C11H15F3OSi. The van der Waals surface area contributed by atoms with Gasteiger partial charge in [-0.1, -0.05) is 31.8 Å². The van der Waals surface area contributed by atoms with E-state index in [2.05, 4.69) is 0 Å². The molecular weight excluding hydrogens is 233 g/mol. The number of aliphatic hydroxyl groups is 1. The lowest BCUT2D eigenvalue weighted by Gasteiger charge is -2.32. The van der Waals surface area contributed by atoms with Crippen molar-refractivity contribution >= 4 is 8.07 Å². The zero-order valence-electron chi connectivity index (χ0n) is 9.47. The zero-order chi connectivity index (χ0) is 12.6. The number of benzene rings is 1. The molecule has 5 heteroatoms. The highest BCUT2D eigenvalue weighted by Gasteiger charge is 2.51. The van der Waals surface area contributed by atoms with E-state index in [0.717, 1.165) is 12.1 Å². The third kappa shape index (κ3) is 2.47. The molecule has 1 unspecified atom stereocenters. The zero-order valence-corrected chi connectivity index (χ0v) is 10.5. The summed E-state index contributed by atoms with van der Waals surface area (Å²) in [7, 11) is -2.82. The minimum absolute atomic E-state index is 0.0498. The van der Waals surface area contributed by atoms with Crippen LogP contribution in [-0.4, -0.2) is 18.7 Å². The van der Waals surface area contributed by atoms with Gasteiger partial charge in [0.15, 0.2) is 0 Å². The molecule has 0 aromatic heterocycles. The van der Waals surface area contributed by atoms with Crippen molar-refractivity contribution in [3.05, 3.63) is 35.6 Å². The van der Waals surface area contributed by atoms with E-state index >= 15 is 0 Å². The summed E-state index contributed by atoms with van der Waals surface area (Å²) >= 11 is 0. The van der Waals surface area contributed by atoms with E-state index in [1.165, 1.54) is 31.8 Å². The van der Waals surface area contributed by atoms with Gasteiger partial charge < -0.3 is 5.11 Å². The smallest absolute Gasteiger partial charge is 0.257 e. The Balaban J connectivity index is 3.02. The summed E-state index contributed by atoms with van der Waals surface area (Å²) in [6.07, 6.45) is -1.86. The average Bonchev–Trinajstić information content (AvgIpc) is 2.16. The number of aliphatic hydroxyl groups excluding tert-OH is 1. The van der Waals surface area contributed by atoms with Gasteiger partial charge in [0.2, 0.25) is 0 Å². The van der Waals surface area contributed by atoms with Crippen molar-refractivity contribution in [3.63, 3.8) is 0 Å². The highest BCUT2D eigenvalue weighted by atomic mass is 28.3. The molecule has 0 fully saturated rings. The minimum atomic E-state index is -3.13. The van der Waals surface area contributed by atoms with E-state index < -0.39 is 25.5 Å². The summed E-state index contributed by atoms with van der Waals surface area (Å²) in [6.45, 7) is 4.46. The molecule has 0 heterocycles. The first-order valence-corrected chi connectivity index (χ1v) is 8.47. The van der Waals surface area contributed by atoms with Crippen LogP contribution in [0.25, 0.3) is 0 Å². The molecule has 0 saturated heterocycles. The summed E-state index contributed by atoms with van der Waals surface area (Å²) in [5.74, 6) is -0.507. The molecule has 16 heavy (non-hydrogen) atoms.